The molecule has 0 bridgehead atoms. The van der Waals surface area contributed by atoms with Gasteiger partial charge in [-0.15, -0.1) is 11.0 Å². The molecule has 0 aromatic heterocycles. The molecule has 1 aromatic carbocycles. The minimum absolute atomic E-state index is 0.129. The van der Waals surface area contributed by atoms with Crippen molar-refractivity contribution in [3.05, 3.63) is 53.1 Å². The van der Waals surface area contributed by atoms with Gasteiger partial charge in [0, 0.05) is 38.3 Å². The van der Waals surface area contributed by atoms with Crippen LogP contribution in [0.25, 0.3) is 4.91 Å². The third-order valence-electron chi connectivity index (χ3n) is 5.39. The second kappa shape index (κ2) is 8.41. The Morgan fingerprint density at radius 1 is 1.17 bits per heavy atom. The van der Waals surface area contributed by atoms with Gasteiger partial charge in [0.15, 0.2) is 0 Å². The molecule has 29 heavy (non-hydrogen) atoms. The number of urea groups is 1. The van der Waals surface area contributed by atoms with Crippen LogP contribution in [0.4, 0.5) is 4.79 Å². The van der Waals surface area contributed by atoms with Gasteiger partial charge in [0.2, 0.25) is 0 Å². The fraction of sp³-hybridized carbons (Fsp3) is 0.429. The van der Waals surface area contributed by atoms with Crippen LogP contribution in [0.15, 0.2) is 40.8 Å². The molecule has 1 aromatic rings. The number of carbonyl (C=O) groups excluding carboxylic acids is 1. The van der Waals surface area contributed by atoms with Crippen molar-refractivity contribution in [3.63, 3.8) is 0 Å². The fourth-order valence-corrected chi connectivity index (χ4v) is 5.14. The highest BCUT2D eigenvalue weighted by Gasteiger charge is 2.34. The summed E-state index contributed by atoms with van der Waals surface area (Å²) in [6.07, 6.45) is 2.38. The summed E-state index contributed by atoms with van der Waals surface area (Å²) in [7, 11) is -3.75. The molecule has 0 unspecified atom stereocenters. The molecule has 1 fully saturated rings. The maximum absolute atomic E-state index is 12.8. The Kier molecular flexibility index (Phi) is 6.12. The van der Waals surface area contributed by atoms with Crippen LogP contribution >= 0.6 is 0 Å². The van der Waals surface area contributed by atoms with E-state index in [-0.39, 0.29) is 10.9 Å². The number of benzene rings is 1. The van der Waals surface area contributed by atoms with E-state index in [1.165, 1.54) is 0 Å². The summed E-state index contributed by atoms with van der Waals surface area (Å²) in [6, 6.07) is 5.55. The molecule has 2 aliphatic rings. The molecule has 0 atom stereocenters. The molecule has 156 valence electrons. The predicted octanol–water partition coefficient (Wildman–Crippen LogP) is 2.68. The van der Waals surface area contributed by atoms with Gasteiger partial charge in [-0.05, 0) is 43.9 Å². The monoisotopic (exact) mass is 416 g/mol. The number of nitrogens with zero attached hydrogens (tertiary/aromatic N) is 3. The minimum Gasteiger partial charge on any atom is -0.354 e. The zero-order valence-electron chi connectivity index (χ0n) is 17.2. The van der Waals surface area contributed by atoms with Crippen LogP contribution in [-0.2, 0) is 10.0 Å². The maximum Gasteiger partial charge on any atom is 0.317 e. The second-order valence-electron chi connectivity index (χ2n) is 7.45. The summed E-state index contributed by atoms with van der Waals surface area (Å²) >= 11 is 0. The molecule has 2 amide bonds. The standard InChI is InChI=1S/C21H28N4O3S/c1-5-9-22-21(26)25-11-6-10-24(12-13-25)20-17(4)19(29(27,28)23-20)18-8-7-15(2)16(3)14-18/h5,7-8,14H,1,6,9-13H2,2-4H3,(H,22,26). The third-order valence-corrected chi connectivity index (χ3v) is 6.86. The summed E-state index contributed by atoms with van der Waals surface area (Å²) < 4.78 is 29.8. The van der Waals surface area contributed by atoms with Crippen LogP contribution in [-0.4, -0.2) is 62.8 Å². The van der Waals surface area contributed by atoms with Crippen LogP contribution in [0.3, 0.4) is 0 Å². The van der Waals surface area contributed by atoms with Crippen molar-refractivity contribution < 1.29 is 13.2 Å². The average molecular weight is 417 g/mol. The van der Waals surface area contributed by atoms with Gasteiger partial charge in [-0.3, -0.25) is 0 Å². The zero-order chi connectivity index (χ0) is 21.2. The molecule has 2 heterocycles. The minimum atomic E-state index is -3.75. The largest absolute Gasteiger partial charge is 0.354 e. The Morgan fingerprint density at radius 3 is 2.62 bits per heavy atom. The van der Waals surface area contributed by atoms with E-state index in [1.807, 2.05) is 43.9 Å². The number of amidine groups is 1. The Balaban J connectivity index is 1.83. The Bertz CT molecular complexity index is 995. The van der Waals surface area contributed by atoms with Crippen molar-refractivity contribution in [2.75, 3.05) is 32.7 Å². The summed E-state index contributed by atoms with van der Waals surface area (Å²) in [4.78, 5) is 16.2. The number of hydrogen-bond donors (Lipinski definition) is 1. The highest BCUT2D eigenvalue weighted by molar-refractivity contribution is 8.00. The van der Waals surface area contributed by atoms with Gasteiger partial charge in [0.05, 0.1) is 0 Å². The van der Waals surface area contributed by atoms with Crippen LogP contribution in [0.2, 0.25) is 0 Å². The number of carbonyl (C=O) groups is 1. The van der Waals surface area contributed by atoms with Gasteiger partial charge < -0.3 is 15.1 Å². The van der Waals surface area contributed by atoms with Gasteiger partial charge >= 0.3 is 6.03 Å². The predicted molar refractivity (Wildman–Crippen MR) is 116 cm³/mol. The van der Waals surface area contributed by atoms with E-state index >= 15 is 0 Å². The zero-order valence-corrected chi connectivity index (χ0v) is 18.1. The first-order chi connectivity index (χ1) is 13.7. The second-order valence-corrected chi connectivity index (χ2v) is 8.99. The molecule has 8 heteroatoms. The normalized spacial score (nSPS) is 19.1. The Labute approximate surface area is 172 Å². The van der Waals surface area contributed by atoms with E-state index in [0.29, 0.717) is 49.7 Å². The summed E-state index contributed by atoms with van der Waals surface area (Å²) in [5.74, 6) is 0.492. The van der Waals surface area contributed by atoms with Crippen LogP contribution in [0.5, 0.6) is 0 Å². The quantitative estimate of drug-likeness (QED) is 0.768. The molecule has 0 spiro atoms. The third kappa shape index (κ3) is 4.37. The van der Waals surface area contributed by atoms with Crippen molar-refractivity contribution in [3.8, 4) is 0 Å². The molecule has 2 aliphatic heterocycles. The Morgan fingerprint density at radius 2 is 1.93 bits per heavy atom. The molecule has 7 nitrogen and oxygen atoms in total. The lowest BCUT2D eigenvalue weighted by Crippen LogP contribution is -2.42. The van der Waals surface area contributed by atoms with Crippen molar-refractivity contribution in [1.82, 2.24) is 15.1 Å². The number of sulfonamides is 1. The summed E-state index contributed by atoms with van der Waals surface area (Å²) in [5, 5.41) is 2.79. The van der Waals surface area contributed by atoms with E-state index in [2.05, 4.69) is 16.3 Å². The van der Waals surface area contributed by atoms with Gasteiger partial charge in [-0.1, -0.05) is 24.3 Å². The smallest absolute Gasteiger partial charge is 0.317 e. The molecular weight excluding hydrogens is 388 g/mol. The van der Waals surface area contributed by atoms with Crippen molar-refractivity contribution >= 4 is 26.8 Å². The van der Waals surface area contributed by atoms with Gasteiger partial charge in [-0.2, -0.15) is 8.42 Å². The molecule has 0 radical (unpaired) electrons. The number of amides is 2. The highest BCUT2D eigenvalue weighted by atomic mass is 32.2. The van der Waals surface area contributed by atoms with Gasteiger partial charge in [0.1, 0.15) is 10.7 Å². The van der Waals surface area contributed by atoms with Crippen LogP contribution in [0.1, 0.15) is 30.0 Å². The first-order valence-corrected chi connectivity index (χ1v) is 11.2. The lowest BCUT2D eigenvalue weighted by molar-refractivity contribution is 0.201. The molecule has 0 aliphatic carbocycles. The summed E-state index contributed by atoms with van der Waals surface area (Å²) in [5.41, 5.74) is 3.50. The van der Waals surface area contributed by atoms with E-state index < -0.39 is 10.0 Å². The fourth-order valence-electron chi connectivity index (χ4n) is 3.67. The molecular formula is C21H28N4O3S. The van der Waals surface area contributed by atoms with Crippen molar-refractivity contribution in [2.24, 2.45) is 4.40 Å². The number of nitrogens with one attached hydrogen (secondary N) is 1. The van der Waals surface area contributed by atoms with Crippen molar-refractivity contribution in [1.29, 1.82) is 0 Å². The SMILES string of the molecule is C=CCNC(=O)N1CCCN(C2=NS(=O)(=O)C(c3ccc(C)c(C)c3)=C2C)CC1. The first-order valence-electron chi connectivity index (χ1n) is 9.77. The van der Waals surface area contributed by atoms with Gasteiger partial charge in [-0.25, -0.2) is 4.79 Å². The number of rotatable bonds is 3. The van der Waals surface area contributed by atoms with E-state index in [4.69, 9.17) is 0 Å². The first kappa shape index (κ1) is 21.1. The highest BCUT2D eigenvalue weighted by Crippen LogP contribution is 2.34. The van der Waals surface area contributed by atoms with E-state index in [9.17, 15) is 13.2 Å². The lowest BCUT2D eigenvalue weighted by Gasteiger charge is -2.23. The molecule has 1 N–H and O–H groups in total. The van der Waals surface area contributed by atoms with Crippen molar-refractivity contribution in [2.45, 2.75) is 27.2 Å². The van der Waals surface area contributed by atoms with E-state index in [1.54, 1.807) is 11.0 Å². The molecule has 3 rings (SSSR count). The van der Waals surface area contributed by atoms with Crippen LogP contribution < -0.4 is 5.32 Å². The lowest BCUT2D eigenvalue weighted by atomic mass is 10.0. The summed E-state index contributed by atoms with van der Waals surface area (Å²) in [6.45, 7) is 12.1. The molecule has 0 saturated carbocycles. The Hall–Kier alpha value is -2.61. The molecule has 1 saturated heterocycles. The number of aryl methyl sites for hydroxylation is 2. The number of hydrogen-bond acceptors (Lipinski definition) is 4. The topological polar surface area (TPSA) is 82.1 Å². The van der Waals surface area contributed by atoms with Crippen LogP contribution in [0, 0.1) is 13.8 Å². The maximum atomic E-state index is 12.8. The van der Waals surface area contributed by atoms with Gasteiger partial charge in [0.25, 0.3) is 10.0 Å². The van der Waals surface area contributed by atoms with E-state index in [0.717, 1.165) is 17.5 Å². The average Bonchev–Trinajstić information content (AvgIpc) is 2.83.